The Morgan fingerprint density at radius 2 is 2.06 bits per heavy atom. The number of ether oxygens (including phenoxy) is 1. The van der Waals surface area contributed by atoms with Crippen molar-refractivity contribution >= 4 is 6.08 Å². The smallest absolute Gasteiger partial charge is 0.235 e. The van der Waals surface area contributed by atoms with Crippen LogP contribution < -0.4 is 0 Å². The molecule has 1 saturated carbocycles. The second-order valence-electron chi connectivity index (χ2n) is 5.02. The first-order valence-electron chi connectivity index (χ1n) is 6.41. The molecule has 3 heteroatoms. The fourth-order valence-corrected chi connectivity index (χ4v) is 2.14. The molecule has 1 aliphatic rings. The van der Waals surface area contributed by atoms with E-state index in [0.29, 0.717) is 6.10 Å². The number of isocyanates is 1. The molecular formula is C15H19NO2. The van der Waals surface area contributed by atoms with Gasteiger partial charge in [0.05, 0.1) is 11.6 Å². The SMILES string of the molecule is COC(C)CCc1ccc(C2(N=C=O)CC2)cc1. The fourth-order valence-electron chi connectivity index (χ4n) is 2.14. The van der Waals surface area contributed by atoms with Crippen molar-refractivity contribution in [3.05, 3.63) is 35.4 Å². The summed E-state index contributed by atoms with van der Waals surface area (Å²) in [5, 5.41) is 0. The monoisotopic (exact) mass is 245 g/mol. The lowest BCUT2D eigenvalue weighted by Gasteiger charge is -2.11. The Labute approximate surface area is 108 Å². The largest absolute Gasteiger partial charge is 0.382 e. The molecule has 1 fully saturated rings. The van der Waals surface area contributed by atoms with Crippen LogP contribution in [0, 0.1) is 0 Å². The zero-order valence-corrected chi connectivity index (χ0v) is 11.0. The summed E-state index contributed by atoms with van der Waals surface area (Å²) >= 11 is 0. The van der Waals surface area contributed by atoms with Crippen LogP contribution in [0.3, 0.4) is 0 Å². The number of rotatable bonds is 6. The van der Waals surface area contributed by atoms with Crippen LogP contribution in [-0.2, 0) is 21.5 Å². The van der Waals surface area contributed by atoms with Gasteiger partial charge in [-0.15, -0.1) is 0 Å². The van der Waals surface area contributed by atoms with E-state index in [1.807, 2.05) is 0 Å². The molecule has 1 atom stereocenters. The number of aliphatic imine (C=N–C) groups is 1. The van der Waals surface area contributed by atoms with Gasteiger partial charge in [0.15, 0.2) is 0 Å². The lowest BCUT2D eigenvalue weighted by atomic mass is 10.0. The van der Waals surface area contributed by atoms with Crippen molar-refractivity contribution < 1.29 is 9.53 Å². The zero-order chi connectivity index (χ0) is 13.0. The van der Waals surface area contributed by atoms with Gasteiger partial charge in [0.2, 0.25) is 6.08 Å². The second kappa shape index (κ2) is 5.47. The van der Waals surface area contributed by atoms with Gasteiger partial charge in [-0.25, -0.2) is 4.79 Å². The van der Waals surface area contributed by atoms with Crippen LogP contribution in [-0.4, -0.2) is 19.3 Å². The van der Waals surface area contributed by atoms with E-state index in [4.69, 9.17) is 4.74 Å². The van der Waals surface area contributed by atoms with Gasteiger partial charge in [0, 0.05) is 7.11 Å². The number of hydrogen-bond acceptors (Lipinski definition) is 3. The number of benzene rings is 1. The summed E-state index contributed by atoms with van der Waals surface area (Å²) in [7, 11) is 1.74. The van der Waals surface area contributed by atoms with E-state index in [1.165, 1.54) is 5.56 Å². The topological polar surface area (TPSA) is 38.7 Å². The second-order valence-corrected chi connectivity index (χ2v) is 5.02. The Balaban J connectivity index is 2.00. The van der Waals surface area contributed by atoms with Crippen LogP contribution in [0.2, 0.25) is 0 Å². The number of aryl methyl sites for hydroxylation is 1. The lowest BCUT2D eigenvalue weighted by Crippen LogP contribution is -2.06. The van der Waals surface area contributed by atoms with Crippen LogP contribution in [0.5, 0.6) is 0 Å². The third-order valence-electron chi connectivity index (χ3n) is 3.72. The molecule has 0 aliphatic heterocycles. The van der Waals surface area contributed by atoms with Gasteiger partial charge in [0.25, 0.3) is 0 Å². The van der Waals surface area contributed by atoms with E-state index >= 15 is 0 Å². The summed E-state index contributed by atoms with van der Waals surface area (Å²) < 4.78 is 5.23. The van der Waals surface area contributed by atoms with Crippen molar-refractivity contribution in [2.45, 2.75) is 44.2 Å². The van der Waals surface area contributed by atoms with Crippen molar-refractivity contribution in [1.29, 1.82) is 0 Å². The summed E-state index contributed by atoms with van der Waals surface area (Å²) in [6.07, 6.45) is 5.94. The van der Waals surface area contributed by atoms with Crippen molar-refractivity contribution in [3.8, 4) is 0 Å². The normalized spacial score (nSPS) is 17.9. The lowest BCUT2D eigenvalue weighted by molar-refractivity contribution is 0.111. The molecule has 0 bridgehead atoms. The number of methoxy groups -OCH3 is 1. The van der Waals surface area contributed by atoms with Crippen LogP contribution in [0.15, 0.2) is 29.3 Å². The molecule has 96 valence electrons. The molecule has 0 spiro atoms. The van der Waals surface area contributed by atoms with Crippen molar-refractivity contribution in [2.75, 3.05) is 7.11 Å². The molecule has 0 heterocycles. The van der Waals surface area contributed by atoms with E-state index in [9.17, 15) is 4.79 Å². The number of carbonyl (C=O) groups excluding carboxylic acids is 1. The first-order valence-corrected chi connectivity index (χ1v) is 6.41. The maximum atomic E-state index is 10.4. The standard InChI is InChI=1S/C15H19NO2/c1-12(18-2)3-4-13-5-7-14(8-6-13)15(9-10-15)16-11-17/h5-8,12H,3-4,9-10H2,1-2H3. The zero-order valence-electron chi connectivity index (χ0n) is 11.0. The predicted octanol–water partition coefficient (Wildman–Crippen LogP) is 2.98. The minimum atomic E-state index is -0.250. The predicted molar refractivity (Wildman–Crippen MR) is 70.3 cm³/mol. The summed E-state index contributed by atoms with van der Waals surface area (Å²) in [4.78, 5) is 14.3. The Morgan fingerprint density at radius 1 is 1.39 bits per heavy atom. The van der Waals surface area contributed by atoms with Crippen LogP contribution in [0.1, 0.15) is 37.3 Å². The molecular weight excluding hydrogens is 226 g/mol. The van der Waals surface area contributed by atoms with Crippen LogP contribution >= 0.6 is 0 Å². The van der Waals surface area contributed by atoms with Gasteiger partial charge in [-0.2, -0.15) is 4.99 Å². The number of hydrogen-bond donors (Lipinski definition) is 0. The van der Waals surface area contributed by atoms with Crippen LogP contribution in [0.4, 0.5) is 0 Å². The third-order valence-corrected chi connectivity index (χ3v) is 3.72. The summed E-state index contributed by atoms with van der Waals surface area (Å²) in [5.74, 6) is 0. The van der Waals surface area contributed by atoms with Crippen molar-refractivity contribution in [1.82, 2.24) is 0 Å². The molecule has 0 N–H and O–H groups in total. The molecule has 0 radical (unpaired) electrons. The van der Waals surface area contributed by atoms with Gasteiger partial charge in [-0.05, 0) is 43.7 Å². The van der Waals surface area contributed by atoms with Gasteiger partial charge in [0.1, 0.15) is 0 Å². The molecule has 2 rings (SSSR count). The highest BCUT2D eigenvalue weighted by Gasteiger charge is 2.44. The highest BCUT2D eigenvalue weighted by molar-refractivity contribution is 5.41. The fraction of sp³-hybridized carbons (Fsp3) is 0.533. The van der Waals surface area contributed by atoms with Crippen LogP contribution in [0.25, 0.3) is 0 Å². The first kappa shape index (κ1) is 13.0. The quantitative estimate of drug-likeness (QED) is 0.571. The molecule has 18 heavy (non-hydrogen) atoms. The Kier molecular flexibility index (Phi) is 3.95. The molecule has 0 amide bonds. The van der Waals surface area contributed by atoms with E-state index < -0.39 is 0 Å². The van der Waals surface area contributed by atoms with Gasteiger partial charge in [-0.3, -0.25) is 0 Å². The van der Waals surface area contributed by atoms with Crippen molar-refractivity contribution in [2.24, 2.45) is 4.99 Å². The minimum Gasteiger partial charge on any atom is -0.382 e. The van der Waals surface area contributed by atoms with E-state index in [1.54, 1.807) is 13.2 Å². The first-order chi connectivity index (χ1) is 8.70. The Hall–Kier alpha value is -1.44. The summed E-state index contributed by atoms with van der Waals surface area (Å²) in [5.41, 5.74) is 2.18. The molecule has 0 aromatic heterocycles. The minimum absolute atomic E-state index is 0.250. The molecule has 1 aromatic rings. The summed E-state index contributed by atoms with van der Waals surface area (Å²) in [6, 6.07) is 8.41. The van der Waals surface area contributed by atoms with E-state index in [0.717, 1.165) is 31.2 Å². The molecule has 1 aliphatic carbocycles. The maximum absolute atomic E-state index is 10.4. The highest BCUT2D eigenvalue weighted by atomic mass is 16.5. The molecule has 3 nitrogen and oxygen atoms in total. The maximum Gasteiger partial charge on any atom is 0.235 e. The summed E-state index contributed by atoms with van der Waals surface area (Å²) in [6.45, 7) is 2.08. The molecule has 1 aromatic carbocycles. The van der Waals surface area contributed by atoms with Crippen molar-refractivity contribution in [3.63, 3.8) is 0 Å². The average molecular weight is 245 g/mol. The van der Waals surface area contributed by atoms with E-state index in [-0.39, 0.29) is 5.54 Å². The van der Waals surface area contributed by atoms with Gasteiger partial charge < -0.3 is 4.74 Å². The highest BCUT2D eigenvalue weighted by Crippen LogP contribution is 2.49. The van der Waals surface area contributed by atoms with E-state index in [2.05, 4.69) is 36.2 Å². The Bertz CT molecular complexity index is 442. The molecule has 0 saturated heterocycles. The molecule has 1 unspecified atom stereocenters. The third kappa shape index (κ3) is 2.87. The Morgan fingerprint density at radius 3 is 2.56 bits per heavy atom. The number of nitrogens with zero attached hydrogens (tertiary/aromatic N) is 1. The van der Waals surface area contributed by atoms with Gasteiger partial charge >= 0.3 is 0 Å². The van der Waals surface area contributed by atoms with Gasteiger partial charge in [-0.1, -0.05) is 24.3 Å². The average Bonchev–Trinajstić information content (AvgIpc) is 3.18.